The second-order valence-corrected chi connectivity index (χ2v) is 3.83. The summed E-state index contributed by atoms with van der Waals surface area (Å²) in [5, 5.41) is 6.43. The molecule has 1 unspecified atom stereocenters. The van der Waals surface area contributed by atoms with Gasteiger partial charge in [0.05, 0.1) is 5.38 Å². The third-order valence-electron chi connectivity index (χ3n) is 1.96. The van der Waals surface area contributed by atoms with Crippen molar-refractivity contribution in [1.29, 1.82) is 0 Å². The molecule has 1 atom stereocenters. The number of rotatable bonds is 2. The van der Waals surface area contributed by atoms with Crippen LogP contribution in [0, 0.1) is 5.82 Å². The van der Waals surface area contributed by atoms with Gasteiger partial charge in [-0.1, -0.05) is 12.1 Å². The zero-order valence-electron chi connectivity index (χ0n) is 8.04. The van der Waals surface area contributed by atoms with Gasteiger partial charge in [-0.2, -0.15) is 5.10 Å². The number of hydrogen-bond donors (Lipinski definition) is 1. The summed E-state index contributed by atoms with van der Waals surface area (Å²) in [6.45, 7) is 1.79. The molecule has 0 aliphatic carbocycles. The van der Waals surface area contributed by atoms with Gasteiger partial charge in [-0.15, -0.1) is 11.6 Å². The number of hydrogen-bond acceptors (Lipinski definition) is 2. The number of aromatic nitrogens is 3. The molecular formula is C10H9ClFN3. The fourth-order valence-electron chi connectivity index (χ4n) is 1.21. The number of nitrogens with one attached hydrogen (secondary N) is 1. The molecule has 0 radical (unpaired) electrons. The molecule has 0 spiro atoms. The van der Waals surface area contributed by atoms with Crippen LogP contribution in [0.3, 0.4) is 0 Å². The Labute approximate surface area is 91.3 Å². The lowest BCUT2D eigenvalue weighted by molar-refractivity contribution is 0.628. The highest BCUT2D eigenvalue weighted by molar-refractivity contribution is 6.20. The maximum absolute atomic E-state index is 12.9. The molecule has 0 fully saturated rings. The Kier molecular flexibility index (Phi) is 2.68. The van der Waals surface area contributed by atoms with Gasteiger partial charge >= 0.3 is 0 Å². The summed E-state index contributed by atoms with van der Waals surface area (Å²) in [7, 11) is 0. The molecule has 2 rings (SSSR count). The van der Waals surface area contributed by atoms with Gasteiger partial charge in [0.1, 0.15) is 11.6 Å². The molecule has 5 heteroatoms. The topological polar surface area (TPSA) is 41.6 Å². The Morgan fingerprint density at radius 3 is 2.87 bits per heavy atom. The molecule has 78 valence electrons. The van der Waals surface area contributed by atoms with E-state index < -0.39 is 0 Å². The van der Waals surface area contributed by atoms with E-state index in [-0.39, 0.29) is 11.2 Å². The minimum atomic E-state index is -0.308. The minimum absolute atomic E-state index is 0.236. The van der Waals surface area contributed by atoms with E-state index in [1.54, 1.807) is 19.1 Å². The lowest BCUT2D eigenvalue weighted by atomic mass is 10.2. The van der Waals surface area contributed by atoms with Gasteiger partial charge in [0.25, 0.3) is 0 Å². The highest BCUT2D eigenvalue weighted by Gasteiger charge is 2.09. The van der Waals surface area contributed by atoms with Gasteiger partial charge in [0, 0.05) is 5.56 Å². The van der Waals surface area contributed by atoms with Crippen LogP contribution in [0.1, 0.15) is 18.1 Å². The van der Waals surface area contributed by atoms with Crippen molar-refractivity contribution in [2.75, 3.05) is 0 Å². The second kappa shape index (κ2) is 3.98. The van der Waals surface area contributed by atoms with Crippen molar-refractivity contribution in [3.63, 3.8) is 0 Å². The number of aromatic amines is 1. The van der Waals surface area contributed by atoms with Crippen molar-refractivity contribution in [1.82, 2.24) is 15.2 Å². The van der Waals surface area contributed by atoms with Gasteiger partial charge in [-0.3, -0.25) is 5.10 Å². The number of halogens is 2. The Morgan fingerprint density at radius 2 is 2.27 bits per heavy atom. The molecule has 0 saturated heterocycles. The average molecular weight is 226 g/mol. The summed E-state index contributed by atoms with van der Waals surface area (Å²) in [6.07, 6.45) is 0. The lowest BCUT2D eigenvalue weighted by Crippen LogP contribution is -1.86. The summed E-state index contributed by atoms with van der Waals surface area (Å²) in [5.41, 5.74) is 0.634. The molecule has 15 heavy (non-hydrogen) atoms. The first kappa shape index (κ1) is 10.1. The summed E-state index contributed by atoms with van der Waals surface area (Å²) in [6, 6.07) is 6.12. The van der Waals surface area contributed by atoms with Crippen LogP contribution in [0.5, 0.6) is 0 Å². The Hall–Kier alpha value is -1.42. The SMILES string of the molecule is CC(Cl)c1nc(-c2cccc(F)c2)n[nH]1. The normalized spacial score (nSPS) is 12.7. The van der Waals surface area contributed by atoms with E-state index in [4.69, 9.17) is 11.6 Å². The largest absolute Gasteiger partial charge is 0.261 e. The van der Waals surface area contributed by atoms with Gasteiger partial charge in [-0.25, -0.2) is 9.37 Å². The lowest BCUT2D eigenvalue weighted by Gasteiger charge is -1.95. The third kappa shape index (κ3) is 2.15. The Balaban J connectivity index is 2.37. The molecule has 0 bridgehead atoms. The quantitative estimate of drug-likeness (QED) is 0.799. The molecule has 1 aromatic carbocycles. The van der Waals surface area contributed by atoms with Gasteiger partial charge in [0.15, 0.2) is 5.82 Å². The van der Waals surface area contributed by atoms with Crippen molar-refractivity contribution in [2.45, 2.75) is 12.3 Å². The van der Waals surface area contributed by atoms with E-state index in [1.807, 2.05) is 0 Å². The van der Waals surface area contributed by atoms with Crippen LogP contribution in [0.4, 0.5) is 4.39 Å². The maximum Gasteiger partial charge on any atom is 0.181 e. The van der Waals surface area contributed by atoms with Crippen molar-refractivity contribution < 1.29 is 4.39 Å². The predicted octanol–water partition coefficient (Wildman–Crippen LogP) is 2.91. The first-order valence-corrected chi connectivity index (χ1v) is 4.93. The van der Waals surface area contributed by atoms with E-state index in [0.717, 1.165) is 0 Å². The molecule has 1 heterocycles. The van der Waals surface area contributed by atoms with Crippen LogP contribution >= 0.6 is 11.6 Å². The Bertz CT molecular complexity index is 467. The molecule has 3 nitrogen and oxygen atoms in total. The first-order valence-electron chi connectivity index (χ1n) is 4.49. The number of nitrogens with zero attached hydrogens (tertiary/aromatic N) is 2. The standard InChI is InChI=1S/C10H9ClFN3/c1-6(11)9-13-10(15-14-9)7-3-2-4-8(12)5-7/h2-6H,1H3,(H,13,14,15). The van der Waals surface area contributed by atoms with E-state index in [0.29, 0.717) is 17.2 Å². The van der Waals surface area contributed by atoms with E-state index >= 15 is 0 Å². The van der Waals surface area contributed by atoms with Crippen molar-refractivity contribution in [3.8, 4) is 11.4 Å². The minimum Gasteiger partial charge on any atom is -0.261 e. The highest BCUT2D eigenvalue weighted by Crippen LogP contribution is 2.20. The smallest absolute Gasteiger partial charge is 0.181 e. The molecule has 0 aliphatic heterocycles. The third-order valence-corrected chi connectivity index (χ3v) is 2.17. The summed E-state index contributed by atoms with van der Waals surface area (Å²) in [5.74, 6) is 0.727. The molecular weight excluding hydrogens is 217 g/mol. The molecule has 0 amide bonds. The fraction of sp³-hybridized carbons (Fsp3) is 0.200. The van der Waals surface area contributed by atoms with E-state index in [9.17, 15) is 4.39 Å². The fourth-order valence-corrected chi connectivity index (χ4v) is 1.31. The van der Waals surface area contributed by atoms with Gasteiger partial charge in [0.2, 0.25) is 0 Å². The van der Waals surface area contributed by atoms with Crippen LogP contribution in [0.2, 0.25) is 0 Å². The van der Waals surface area contributed by atoms with Gasteiger partial charge in [-0.05, 0) is 19.1 Å². The van der Waals surface area contributed by atoms with Crippen LogP contribution in [-0.2, 0) is 0 Å². The van der Waals surface area contributed by atoms with E-state index in [1.165, 1.54) is 12.1 Å². The van der Waals surface area contributed by atoms with Crippen LogP contribution in [0.15, 0.2) is 24.3 Å². The maximum atomic E-state index is 12.9. The van der Waals surface area contributed by atoms with Gasteiger partial charge < -0.3 is 0 Å². The van der Waals surface area contributed by atoms with Crippen molar-refractivity contribution in [2.24, 2.45) is 0 Å². The zero-order valence-corrected chi connectivity index (χ0v) is 8.79. The number of alkyl halides is 1. The summed E-state index contributed by atoms with van der Waals surface area (Å²) < 4.78 is 12.9. The molecule has 0 aliphatic rings. The second-order valence-electron chi connectivity index (χ2n) is 3.17. The molecule has 1 N–H and O–H groups in total. The molecule has 0 saturated carbocycles. The summed E-state index contributed by atoms with van der Waals surface area (Å²) in [4.78, 5) is 4.16. The predicted molar refractivity (Wildman–Crippen MR) is 56.0 cm³/mol. The van der Waals surface area contributed by atoms with Crippen LogP contribution in [0.25, 0.3) is 11.4 Å². The Morgan fingerprint density at radius 1 is 1.47 bits per heavy atom. The average Bonchev–Trinajstić information content (AvgIpc) is 2.66. The van der Waals surface area contributed by atoms with Crippen LogP contribution < -0.4 is 0 Å². The van der Waals surface area contributed by atoms with Crippen LogP contribution in [-0.4, -0.2) is 15.2 Å². The highest BCUT2D eigenvalue weighted by atomic mass is 35.5. The molecule has 2 aromatic rings. The van der Waals surface area contributed by atoms with Crippen molar-refractivity contribution in [3.05, 3.63) is 35.9 Å². The van der Waals surface area contributed by atoms with E-state index in [2.05, 4.69) is 15.2 Å². The van der Waals surface area contributed by atoms with Crippen molar-refractivity contribution >= 4 is 11.6 Å². The number of H-pyrrole nitrogens is 1. The zero-order chi connectivity index (χ0) is 10.8. The molecule has 1 aromatic heterocycles. The number of benzene rings is 1. The monoisotopic (exact) mass is 225 g/mol. The summed E-state index contributed by atoms with van der Waals surface area (Å²) >= 11 is 5.83. The first-order chi connectivity index (χ1) is 7.16.